The molecule has 1 N–H and O–H groups in total. The number of aliphatic hydroxyl groups is 1. The van der Waals surface area contributed by atoms with Gasteiger partial charge in [0.1, 0.15) is 17.5 Å². The normalized spacial score (nSPS) is 40.1. The van der Waals surface area contributed by atoms with Gasteiger partial charge in [-0.2, -0.15) is 5.10 Å². The minimum atomic E-state index is -0.829. The third-order valence-electron chi connectivity index (χ3n) is 12.0. The summed E-state index contributed by atoms with van der Waals surface area (Å²) in [7, 11) is 3.34. The van der Waals surface area contributed by atoms with Gasteiger partial charge in [-0.1, -0.05) is 33.8 Å². The van der Waals surface area contributed by atoms with Crippen LogP contribution in [-0.4, -0.2) is 76.4 Å². The predicted octanol–water partition coefficient (Wildman–Crippen LogP) is 2.95. The molecule has 1 aromatic rings. The maximum atomic E-state index is 13.9. The summed E-state index contributed by atoms with van der Waals surface area (Å²) in [4.78, 5) is 57.1. The molecule has 0 spiro atoms. The molecule has 1 aliphatic heterocycles. The van der Waals surface area contributed by atoms with Crippen LogP contribution in [-0.2, 0) is 14.3 Å². The highest BCUT2D eigenvalue weighted by Crippen LogP contribution is 2.68. The molecule has 230 valence electrons. The lowest BCUT2D eigenvalue weighted by Gasteiger charge is -2.61. The number of nitrogens with zero attached hydrogens (tertiary/aromatic N) is 4. The van der Waals surface area contributed by atoms with Crippen molar-refractivity contribution in [3.8, 4) is 0 Å². The number of likely N-dealkylation sites (N-methyl/N-ethyl adjacent to an activating group) is 2. The molecule has 42 heavy (non-hydrogen) atoms. The minimum absolute atomic E-state index is 0.0632. The summed E-state index contributed by atoms with van der Waals surface area (Å²) >= 11 is 0. The van der Waals surface area contributed by atoms with E-state index in [0.29, 0.717) is 19.3 Å². The van der Waals surface area contributed by atoms with Crippen molar-refractivity contribution in [2.24, 2.45) is 34.0 Å². The van der Waals surface area contributed by atoms with Gasteiger partial charge in [-0.05, 0) is 75.4 Å². The molecular weight excluding hydrogens is 536 g/mol. The molecule has 0 radical (unpaired) electrons. The lowest BCUT2D eigenvalue weighted by atomic mass is 9.44. The summed E-state index contributed by atoms with van der Waals surface area (Å²) in [5, 5.41) is 17.0. The molecule has 1 aromatic heterocycles. The fraction of sp³-hybridized carbons (Fsp3) is 0.719. The fourth-order valence-electron chi connectivity index (χ4n) is 9.00. The number of likely N-dealkylation sites (tertiary alicyclic amines) is 1. The van der Waals surface area contributed by atoms with Crippen molar-refractivity contribution in [3.05, 3.63) is 40.8 Å². The van der Waals surface area contributed by atoms with Crippen LogP contribution in [0.5, 0.6) is 0 Å². The van der Waals surface area contributed by atoms with Crippen molar-refractivity contribution in [1.29, 1.82) is 0 Å². The minimum Gasteiger partial charge on any atom is -0.458 e. The van der Waals surface area contributed by atoms with E-state index in [2.05, 4.69) is 32.4 Å². The van der Waals surface area contributed by atoms with Gasteiger partial charge in [0, 0.05) is 30.2 Å². The molecule has 9 atom stereocenters. The van der Waals surface area contributed by atoms with E-state index in [0.717, 1.165) is 35.6 Å². The van der Waals surface area contributed by atoms with Gasteiger partial charge in [-0.15, -0.1) is 11.4 Å². The van der Waals surface area contributed by atoms with E-state index in [1.807, 2.05) is 18.9 Å². The van der Waals surface area contributed by atoms with Crippen LogP contribution < -0.4 is 10.6 Å². The van der Waals surface area contributed by atoms with Crippen molar-refractivity contribution < 1.29 is 24.2 Å². The smallest absolute Gasteiger partial charge is 0.344 e. The molecule has 4 fully saturated rings. The van der Waals surface area contributed by atoms with Crippen LogP contribution in [0.1, 0.15) is 83.0 Å². The highest BCUT2D eigenvalue weighted by atomic mass is 16.5. The Morgan fingerprint density at radius 3 is 2.57 bits per heavy atom. The van der Waals surface area contributed by atoms with Gasteiger partial charge < -0.3 is 9.84 Å². The zero-order chi connectivity index (χ0) is 30.8. The molecule has 4 aliphatic rings. The van der Waals surface area contributed by atoms with Crippen LogP contribution in [0.4, 0.5) is 0 Å². The quantitative estimate of drug-likeness (QED) is 0.416. The van der Waals surface area contributed by atoms with Gasteiger partial charge in [0.15, 0.2) is 0 Å². The second-order valence-corrected chi connectivity index (χ2v) is 13.9. The second kappa shape index (κ2) is 10.7. The van der Waals surface area contributed by atoms with Crippen molar-refractivity contribution >= 4 is 17.7 Å². The third kappa shape index (κ3) is 4.39. The zero-order valence-electron chi connectivity index (χ0n) is 25.8. The zero-order valence-corrected chi connectivity index (χ0v) is 25.8. The molecule has 2 bridgehead atoms. The van der Waals surface area contributed by atoms with Gasteiger partial charge in [-0.3, -0.25) is 19.3 Å². The van der Waals surface area contributed by atoms with E-state index in [1.54, 1.807) is 6.08 Å². The fourth-order valence-corrected chi connectivity index (χ4v) is 9.00. The Morgan fingerprint density at radius 2 is 1.93 bits per heavy atom. The molecule has 0 aromatic carbocycles. The van der Waals surface area contributed by atoms with Crippen LogP contribution in [0.15, 0.2) is 29.7 Å². The first kappa shape index (κ1) is 30.6. The van der Waals surface area contributed by atoms with Crippen LogP contribution in [0.2, 0.25) is 0 Å². The van der Waals surface area contributed by atoms with E-state index in [-0.39, 0.29) is 47.5 Å². The number of carbonyl (C=O) groups is 3. The lowest BCUT2D eigenvalue weighted by molar-refractivity contribution is -0.192. The Bertz CT molecular complexity index is 1340. The average Bonchev–Trinajstić information content (AvgIpc) is 3.56. The number of carbonyl (C=O) groups excluding carboxylic acids is 3. The number of Topliss-reactive ketones (excluding diaryl/α,β-unsaturated/α-hetero) is 1. The number of amides is 1. The van der Waals surface area contributed by atoms with E-state index >= 15 is 0 Å². The molecular formula is C32H46N4O6. The van der Waals surface area contributed by atoms with Gasteiger partial charge in [0.25, 0.3) is 5.91 Å². The topological polar surface area (TPSA) is 122 Å². The molecule has 10 heteroatoms. The number of aliphatic hydroxyl groups excluding tert-OH is 1. The number of ether oxygens (including phenoxy) is 1. The number of hydrogen-bond acceptors (Lipinski definition) is 8. The first-order chi connectivity index (χ1) is 19.7. The van der Waals surface area contributed by atoms with Gasteiger partial charge in [-0.25, -0.2) is 9.80 Å². The SMILES string of the molecule is C=C[C@]1(C)C[C@@H](OC(=O)c2ccnn(N(C)C(=O)[C@@H]3CCCN3C)c2=O)[C@]2(C)C(C)CC[C@]3(CCC(=O)C32)[C@@H](C)[C@@H]1O. The Kier molecular flexibility index (Phi) is 7.80. The Balaban J connectivity index is 1.53. The van der Waals surface area contributed by atoms with E-state index in [4.69, 9.17) is 4.74 Å². The molecule has 3 aliphatic carbocycles. The van der Waals surface area contributed by atoms with Crippen molar-refractivity contribution in [2.75, 3.05) is 25.6 Å². The number of esters is 1. The van der Waals surface area contributed by atoms with Crippen LogP contribution in [0, 0.1) is 34.0 Å². The summed E-state index contributed by atoms with van der Waals surface area (Å²) in [6.45, 7) is 13.0. The van der Waals surface area contributed by atoms with E-state index < -0.39 is 40.0 Å². The summed E-state index contributed by atoms with van der Waals surface area (Å²) in [5.41, 5.74) is -2.88. The Hall–Kier alpha value is -2.85. The summed E-state index contributed by atoms with van der Waals surface area (Å²) in [6, 6.07) is 0.947. The number of ketones is 1. The van der Waals surface area contributed by atoms with Crippen LogP contribution in [0.3, 0.4) is 0 Å². The Labute approximate surface area is 248 Å². The Morgan fingerprint density at radius 1 is 1.21 bits per heavy atom. The second-order valence-electron chi connectivity index (χ2n) is 13.9. The van der Waals surface area contributed by atoms with Gasteiger partial charge >= 0.3 is 11.5 Å². The standard InChI is InChI=1S/C32H46N4O6/c1-8-30(4)18-24(31(5)19(2)11-14-32(20(3)26(30)38)15-12-23(37)25(31)32)42-29(41)21-13-16-33-36(27(21)39)35(7)28(40)22-10-9-17-34(22)6/h8,13,16,19-20,22,24-26,38H,1,9-12,14-15,17-18H2,2-7H3/t19?,20-,22-,24+,25?,26-,30+,31-,32-/m0/s1. The summed E-state index contributed by atoms with van der Waals surface area (Å²) < 4.78 is 6.30. The number of rotatable bonds is 5. The van der Waals surface area contributed by atoms with E-state index in [1.165, 1.54) is 19.3 Å². The predicted molar refractivity (Wildman–Crippen MR) is 157 cm³/mol. The molecule has 1 saturated heterocycles. The van der Waals surface area contributed by atoms with E-state index in [9.17, 15) is 24.3 Å². The summed E-state index contributed by atoms with van der Waals surface area (Å²) in [5.74, 6) is -1.39. The van der Waals surface area contributed by atoms with Crippen LogP contribution in [0.25, 0.3) is 0 Å². The first-order valence-corrected chi connectivity index (χ1v) is 15.3. The van der Waals surface area contributed by atoms with Gasteiger partial charge in [0.05, 0.1) is 18.3 Å². The third-order valence-corrected chi connectivity index (χ3v) is 12.0. The highest BCUT2D eigenvalue weighted by molar-refractivity contribution is 5.91. The molecule has 5 rings (SSSR count). The molecule has 1 amide bonds. The molecule has 2 heterocycles. The maximum absolute atomic E-state index is 13.9. The first-order valence-electron chi connectivity index (χ1n) is 15.3. The van der Waals surface area contributed by atoms with Crippen molar-refractivity contribution in [2.45, 2.75) is 90.9 Å². The number of aromatic nitrogens is 2. The van der Waals surface area contributed by atoms with Crippen molar-refractivity contribution in [1.82, 2.24) is 14.8 Å². The average molecular weight is 583 g/mol. The summed E-state index contributed by atoms with van der Waals surface area (Å²) in [6.07, 6.45) is 6.17. The van der Waals surface area contributed by atoms with Crippen LogP contribution >= 0.6 is 0 Å². The highest BCUT2D eigenvalue weighted by Gasteiger charge is 2.68. The maximum Gasteiger partial charge on any atom is 0.344 e. The van der Waals surface area contributed by atoms with Gasteiger partial charge in [0.2, 0.25) is 0 Å². The number of hydrogen-bond donors (Lipinski definition) is 1. The van der Waals surface area contributed by atoms with Crippen molar-refractivity contribution in [3.63, 3.8) is 0 Å². The molecule has 3 saturated carbocycles. The monoisotopic (exact) mass is 582 g/mol. The lowest BCUT2D eigenvalue weighted by Crippen LogP contribution is -2.63. The molecule has 2 unspecified atom stereocenters. The molecule has 10 nitrogen and oxygen atoms in total. The largest absolute Gasteiger partial charge is 0.458 e.